The summed E-state index contributed by atoms with van der Waals surface area (Å²) in [5.41, 5.74) is 5.13. The minimum atomic E-state index is -2.76. The van der Waals surface area contributed by atoms with Crippen LogP contribution in [0.25, 0.3) is 108 Å². The van der Waals surface area contributed by atoms with E-state index in [1.807, 2.05) is 0 Å². The lowest BCUT2D eigenvalue weighted by Gasteiger charge is -2.33. The Morgan fingerprint density at radius 2 is 0.694 bits per heavy atom. The molecule has 62 heavy (non-hydrogen) atoms. The molecule has 0 aliphatic carbocycles. The standard InChI is InChI=1S/C61H40Si/c1-62(45-35-32-39-14-2-3-16-44(39)38-45,57-37-34-43-31-30-41-18-10-19-42-33-36-55(57)59(43)58(41)42)56-29-13-25-47-48(56)26-12-28-50(47)61-53-23-8-6-21-51(53)60(52-22-7-9-24-54(52)61)49-27-11-17-40-15-4-5-20-46(40)49/h2-38H,1H3. The van der Waals surface area contributed by atoms with Gasteiger partial charge in [-0.2, -0.15) is 0 Å². The quantitative estimate of drug-likeness (QED) is 0.0704. The predicted octanol–water partition coefficient (Wildman–Crippen LogP) is 14.8. The molecule has 13 aromatic rings. The molecule has 0 bridgehead atoms. The number of hydrogen-bond donors (Lipinski definition) is 0. The van der Waals surface area contributed by atoms with Crippen LogP contribution < -0.4 is 15.6 Å². The van der Waals surface area contributed by atoms with Gasteiger partial charge >= 0.3 is 0 Å². The summed E-state index contributed by atoms with van der Waals surface area (Å²) in [6.45, 7) is 2.61. The molecular weight excluding hydrogens is 761 g/mol. The molecule has 0 fully saturated rings. The van der Waals surface area contributed by atoms with Crippen LogP contribution in [0, 0.1) is 0 Å². The molecule has 13 aromatic carbocycles. The molecule has 0 saturated carbocycles. The van der Waals surface area contributed by atoms with E-state index in [9.17, 15) is 0 Å². The number of benzene rings is 13. The van der Waals surface area contributed by atoms with Crippen LogP contribution in [0.2, 0.25) is 6.55 Å². The van der Waals surface area contributed by atoms with E-state index in [1.54, 1.807) is 0 Å². The van der Waals surface area contributed by atoms with Crippen molar-refractivity contribution in [1.29, 1.82) is 0 Å². The Labute approximate surface area is 361 Å². The normalized spacial score (nSPS) is 13.0. The van der Waals surface area contributed by atoms with Gasteiger partial charge in [-0.15, -0.1) is 0 Å². The van der Waals surface area contributed by atoms with Gasteiger partial charge in [0.15, 0.2) is 0 Å². The van der Waals surface area contributed by atoms with E-state index in [0.717, 1.165) is 0 Å². The zero-order valence-corrected chi connectivity index (χ0v) is 35.4. The highest BCUT2D eigenvalue weighted by molar-refractivity contribution is 7.12. The summed E-state index contributed by atoms with van der Waals surface area (Å²) in [6.07, 6.45) is 0. The molecule has 0 spiro atoms. The van der Waals surface area contributed by atoms with Crippen molar-refractivity contribution in [2.24, 2.45) is 0 Å². The van der Waals surface area contributed by atoms with Crippen LogP contribution in [0.5, 0.6) is 0 Å². The molecule has 0 heterocycles. The van der Waals surface area contributed by atoms with Crippen molar-refractivity contribution < 1.29 is 0 Å². The number of fused-ring (bicyclic) bond motifs is 5. The van der Waals surface area contributed by atoms with Crippen LogP contribution in [0.15, 0.2) is 224 Å². The molecule has 0 saturated heterocycles. The summed E-state index contributed by atoms with van der Waals surface area (Å²) in [5.74, 6) is 0. The van der Waals surface area contributed by atoms with Crippen LogP contribution in [0.4, 0.5) is 0 Å². The van der Waals surface area contributed by atoms with Crippen LogP contribution in [0.3, 0.4) is 0 Å². The molecule has 1 atom stereocenters. The second-order valence-corrected chi connectivity index (χ2v) is 21.1. The first-order valence-electron chi connectivity index (χ1n) is 21.8. The van der Waals surface area contributed by atoms with E-state index in [-0.39, 0.29) is 0 Å². The van der Waals surface area contributed by atoms with Gasteiger partial charge in [-0.25, -0.2) is 0 Å². The monoisotopic (exact) mass is 800 g/mol. The Morgan fingerprint density at radius 3 is 1.40 bits per heavy atom. The first kappa shape index (κ1) is 35.2. The highest BCUT2D eigenvalue weighted by Crippen LogP contribution is 2.46. The zero-order valence-electron chi connectivity index (χ0n) is 34.4. The average Bonchev–Trinajstić information content (AvgIpc) is 3.34. The van der Waals surface area contributed by atoms with Crippen molar-refractivity contribution in [2.75, 3.05) is 0 Å². The lowest BCUT2D eigenvalue weighted by atomic mass is 9.84. The van der Waals surface area contributed by atoms with Gasteiger partial charge in [0.05, 0.1) is 0 Å². The van der Waals surface area contributed by atoms with Gasteiger partial charge in [-0.05, 0) is 124 Å². The van der Waals surface area contributed by atoms with Crippen LogP contribution >= 0.6 is 0 Å². The molecular formula is C61H40Si. The van der Waals surface area contributed by atoms with Crippen LogP contribution in [-0.4, -0.2) is 8.07 Å². The van der Waals surface area contributed by atoms with Gasteiger partial charge in [-0.3, -0.25) is 0 Å². The first-order chi connectivity index (χ1) is 30.6. The van der Waals surface area contributed by atoms with Gasteiger partial charge in [0, 0.05) is 0 Å². The lowest BCUT2D eigenvalue weighted by molar-refractivity contribution is 1.68. The van der Waals surface area contributed by atoms with Gasteiger partial charge in [0.2, 0.25) is 0 Å². The molecule has 0 aliphatic rings. The van der Waals surface area contributed by atoms with E-state index in [2.05, 4.69) is 231 Å². The van der Waals surface area contributed by atoms with Crippen molar-refractivity contribution in [1.82, 2.24) is 0 Å². The maximum absolute atomic E-state index is 2.76. The molecule has 0 N–H and O–H groups in total. The third-order valence-corrected chi connectivity index (χ3v) is 18.6. The Balaban J connectivity index is 1.12. The summed E-state index contributed by atoms with van der Waals surface area (Å²) in [6, 6.07) is 85.0. The smallest absolute Gasteiger partial charge is 0.0617 e. The Kier molecular flexibility index (Phi) is 7.64. The van der Waals surface area contributed by atoms with E-state index >= 15 is 0 Å². The molecule has 0 aromatic heterocycles. The molecule has 288 valence electrons. The minimum Gasteiger partial charge on any atom is -0.0617 e. The second-order valence-electron chi connectivity index (χ2n) is 17.2. The Bertz CT molecular complexity index is 3870. The van der Waals surface area contributed by atoms with Crippen molar-refractivity contribution in [2.45, 2.75) is 6.55 Å². The van der Waals surface area contributed by atoms with Gasteiger partial charge in [-0.1, -0.05) is 231 Å². The molecule has 1 heteroatoms. The molecule has 13 rings (SSSR count). The summed E-state index contributed by atoms with van der Waals surface area (Å²) < 4.78 is 0. The van der Waals surface area contributed by atoms with Gasteiger partial charge < -0.3 is 0 Å². The van der Waals surface area contributed by atoms with Crippen molar-refractivity contribution in [3.8, 4) is 22.3 Å². The maximum Gasteiger partial charge on any atom is 0.147 e. The highest BCUT2D eigenvalue weighted by atomic mass is 28.3. The molecule has 0 nitrogen and oxygen atoms in total. The Hall–Kier alpha value is -7.58. The predicted molar refractivity (Wildman–Crippen MR) is 272 cm³/mol. The maximum atomic E-state index is 2.61. The zero-order chi connectivity index (χ0) is 40.9. The van der Waals surface area contributed by atoms with Crippen molar-refractivity contribution in [3.05, 3.63) is 224 Å². The fraction of sp³-hybridized carbons (Fsp3) is 0.0164. The molecule has 0 aliphatic heterocycles. The van der Waals surface area contributed by atoms with Gasteiger partial charge in [0.25, 0.3) is 0 Å². The van der Waals surface area contributed by atoms with Crippen molar-refractivity contribution in [3.63, 3.8) is 0 Å². The van der Waals surface area contributed by atoms with Crippen LogP contribution in [-0.2, 0) is 0 Å². The van der Waals surface area contributed by atoms with Gasteiger partial charge in [0.1, 0.15) is 8.07 Å². The van der Waals surface area contributed by atoms with E-state index < -0.39 is 8.07 Å². The first-order valence-corrected chi connectivity index (χ1v) is 24.3. The molecule has 1 unspecified atom stereocenters. The fourth-order valence-corrected chi connectivity index (χ4v) is 15.4. The average molecular weight is 801 g/mol. The van der Waals surface area contributed by atoms with Crippen LogP contribution in [0.1, 0.15) is 0 Å². The lowest BCUT2D eigenvalue weighted by Crippen LogP contribution is -2.65. The summed E-state index contributed by atoms with van der Waals surface area (Å²) >= 11 is 0. The summed E-state index contributed by atoms with van der Waals surface area (Å²) in [4.78, 5) is 0. The summed E-state index contributed by atoms with van der Waals surface area (Å²) in [7, 11) is -2.76. The van der Waals surface area contributed by atoms with E-state index in [4.69, 9.17) is 0 Å². The van der Waals surface area contributed by atoms with E-state index in [1.165, 1.54) is 124 Å². The third kappa shape index (κ3) is 5.00. The number of hydrogen-bond acceptors (Lipinski definition) is 0. The highest BCUT2D eigenvalue weighted by Gasteiger charge is 2.38. The largest absolute Gasteiger partial charge is 0.147 e. The Morgan fingerprint density at radius 1 is 0.258 bits per heavy atom. The SMILES string of the molecule is C[Si](c1ccc2ccccc2c1)(c1cccc2c(-c3c4ccccc4c(-c4cccc5ccccc45)c4ccccc34)cccc12)c1ccc2ccc3cccc4ccc1c2c34. The minimum absolute atomic E-state index is 1.26. The second kappa shape index (κ2) is 13.5. The fourth-order valence-electron chi connectivity index (χ4n) is 11.2. The molecule has 0 radical (unpaired) electrons. The molecule has 0 amide bonds. The summed E-state index contributed by atoms with van der Waals surface area (Å²) in [5, 5.41) is 25.1. The third-order valence-electron chi connectivity index (χ3n) is 14.1. The number of rotatable bonds is 5. The van der Waals surface area contributed by atoms with Crippen molar-refractivity contribution >= 4 is 110 Å². The van der Waals surface area contributed by atoms with E-state index in [0.29, 0.717) is 0 Å². The topological polar surface area (TPSA) is 0 Å².